The van der Waals surface area contributed by atoms with Crippen LogP contribution in [-0.4, -0.2) is 21.7 Å². The Kier molecular flexibility index (Phi) is 6.24. The molecule has 1 aliphatic heterocycles. The number of hydrogen-bond donors (Lipinski definition) is 0. The average molecular weight is 424 g/mol. The van der Waals surface area contributed by atoms with Gasteiger partial charge in [0.1, 0.15) is 16.7 Å². The number of amides is 1. The molecule has 0 aliphatic carbocycles. The highest BCUT2D eigenvalue weighted by Crippen LogP contribution is 2.32. The van der Waals surface area contributed by atoms with Crippen LogP contribution < -0.4 is 4.74 Å². The van der Waals surface area contributed by atoms with Crippen molar-refractivity contribution in [1.29, 1.82) is 0 Å². The zero-order chi connectivity index (χ0) is 18.7. The van der Waals surface area contributed by atoms with Crippen LogP contribution in [0.4, 0.5) is 0 Å². The maximum atomic E-state index is 12.3. The largest absolute Gasteiger partial charge is 0.489 e. The number of carbonyl (C=O) groups is 1. The number of thiocarbonyl (C=S) groups is 1. The Morgan fingerprint density at radius 1 is 1.19 bits per heavy atom. The van der Waals surface area contributed by atoms with E-state index in [9.17, 15) is 4.79 Å². The first-order valence-electron chi connectivity index (χ1n) is 7.90. The molecule has 1 heterocycles. The van der Waals surface area contributed by atoms with Gasteiger partial charge in [0.25, 0.3) is 5.91 Å². The molecule has 0 aromatic heterocycles. The Bertz CT molecular complexity index is 899. The van der Waals surface area contributed by atoms with Gasteiger partial charge >= 0.3 is 0 Å². The SMILES string of the molecule is CCN1C(=O)C(=Cc2cccc(OCc3ccc(Cl)c(Cl)c3)c2)SC1=S. The standard InChI is InChI=1S/C19H15Cl2NO2S2/c1-2-22-18(23)17(26-19(22)25)10-12-4-3-5-14(8-12)24-11-13-6-7-15(20)16(21)9-13/h3-10H,2,11H2,1H3. The number of hydrogen-bond acceptors (Lipinski definition) is 4. The van der Waals surface area contributed by atoms with Gasteiger partial charge in [-0.3, -0.25) is 9.69 Å². The molecular weight excluding hydrogens is 409 g/mol. The monoisotopic (exact) mass is 423 g/mol. The van der Waals surface area contributed by atoms with Gasteiger partial charge in [0.15, 0.2) is 0 Å². The molecule has 0 atom stereocenters. The Morgan fingerprint density at radius 3 is 2.69 bits per heavy atom. The van der Waals surface area contributed by atoms with Crippen LogP contribution in [0.2, 0.25) is 10.0 Å². The lowest BCUT2D eigenvalue weighted by atomic mass is 10.2. The summed E-state index contributed by atoms with van der Waals surface area (Å²) in [7, 11) is 0. The Morgan fingerprint density at radius 2 is 2.00 bits per heavy atom. The number of nitrogens with zero attached hydrogens (tertiary/aromatic N) is 1. The molecule has 134 valence electrons. The highest BCUT2D eigenvalue weighted by atomic mass is 35.5. The summed E-state index contributed by atoms with van der Waals surface area (Å²) < 4.78 is 6.42. The van der Waals surface area contributed by atoms with Crippen molar-refractivity contribution in [1.82, 2.24) is 4.90 Å². The number of ether oxygens (including phenoxy) is 1. The van der Waals surface area contributed by atoms with Crippen molar-refractivity contribution in [2.24, 2.45) is 0 Å². The molecule has 3 nitrogen and oxygen atoms in total. The summed E-state index contributed by atoms with van der Waals surface area (Å²) >= 11 is 18.5. The molecule has 2 aromatic rings. The zero-order valence-electron chi connectivity index (χ0n) is 13.9. The highest BCUT2D eigenvalue weighted by molar-refractivity contribution is 8.26. The van der Waals surface area contributed by atoms with Gasteiger partial charge in [0, 0.05) is 6.54 Å². The van der Waals surface area contributed by atoms with Gasteiger partial charge in [-0.2, -0.15) is 0 Å². The first-order valence-corrected chi connectivity index (χ1v) is 9.88. The maximum Gasteiger partial charge on any atom is 0.266 e. The summed E-state index contributed by atoms with van der Waals surface area (Å²) in [4.78, 5) is 14.5. The van der Waals surface area contributed by atoms with Gasteiger partial charge in [-0.15, -0.1) is 0 Å². The van der Waals surface area contributed by atoms with E-state index in [1.807, 2.05) is 43.3 Å². The quantitative estimate of drug-likeness (QED) is 0.449. The van der Waals surface area contributed by atoms with E-state index in [1.165, 1.54) is 11.8 Å². The molecular formula is C19H15Cl2NO2S2. The van der Waals surface area contributed by atoms with E-state index in [-0.39, 0.29) is 5.91 Å². The molecule has 0 N–H and O–H groups in total. The topological polar surface area (TPSA) is 29.5 Å². The van der Waals surface area contributed by atoms with Gasteiger partial charge in [-0.25, -0.2) is 0 Å². The van der Waals surface area contributed by atoms with Gasteiger partial charge in [-0.05, 0) is 48.4 Å². The lowest BCUT2D eigenvalue weighted by Gasteiger charge is -2.09. The normalized spacial score (nSPS) is 15.8. The molecule has 0 spiro atoms. The molecule has 0 unspecified atom stereocenters. The third kappa shape index (κ3) is 4.41. The minimum Gasteiger partial charge on any atom is -0.489 e. The van der Waals surface area contributed by atoms with E-state index in [2.05, 4.69) is 0 Å². The second-order valence-corrected chi connectivity index (χ2v) is 8.03. The molecule has 1 aliphatic rings. The molecule has 2 aromatic carbocycles. The van der Waals surface area contributed by atoms with E-state index in [0.29, 0.717) is 38.2 Å². The predicted molar refractivity (Wildman–Crippen MR) is 113 cm³/mol. The fourth-order valence-electron chi connectivity index (χ4n) is 2.41. The van der Waals surface area contributed by atoms with Gasteiger partial charge < -0.3 is 4.74 Å². The van der Waals surface area contributed by atoms with Crippen LogP contribution >= 0.6 is 47.2 Å². The molecule has 0 radical (unpaired) electrons. The molecule has 1 amide bonds. The molecule has 7 heteroatoms. The van der Waals surface area contributed by atoms with Crippen molar-refractivity contribution in [2.75, 3.05) is 6.54 Å². The van der Waals surface area contributed by atoms with E-state index in [4.69, 9.17) is 40.2 Å². The minimum atomic E-state index is -0.0513. The summed E-state index contributed by atoms with van der Waals surface area (Å²) in [6, 6.07) is 13.0. The van der Waals surface area contributed by atoms with Crippen molar-refractivity contribution in [3.05, 3.63) is 68.5 Å². The van der Waals surface area contributed by atoms with E-state index in [1.54, 1.807) is 17.0 Å². The van der Waals surface area contributed by atoms with E-state index < -0.39 is 0 Å². The smallest absolute Gasteiger partial charge is 0.266 e. The first-order chi connectivity index (χ1) is 12.5. The van der Waals surface area contributed by atoms with Gasteiger partial charge in [-0.1, -0.05) is 65.4 Å². The van der Waals surface area contributed by atoms with Crippen LogP contribution in [0.3, 0.4) is 0 Å². The highest BCUT2D eigenvalue weighted by Gasteiger charge is 2.30. The van der Waals surface area contributed by atoms with Crippen molar-refractivity contribution in [3.63, 3.8) is 0 Å². The number of thioether (sulfide) groups is 1. The predicted octanol–water partition coefficient (Wildman–Crippen LogP) is 5.79. The summed E-state index contributed by atoms with van der Waals surface area (Å²) in [6.45, 7) is 2.86. The lowest BCUT2D eigenvalue weighted by Crippen LogP contribution is -2.27. The zero-order valence-corrected chi connectivity index (χ0v) is 17.0. The molecule has 26 heavy (non-hydrogen) atoms. The summed E-state index contributed by atoms with van der Waals surface area (Å²) in [5.74, 6) is 0.653. The Balaban J connectivity index is 1.72. The van der Waals surface area contributed by atoms with E-state index in [0.717, 1.165) is 11.1 Å². The second-order valence-electron chi connectivity index (χ2n) is 5.54. The lowest BCUT2D eigenvalue weighted by molar-refractivity contribution is -0.121. The van der Waals surface area contributed by atoms with Crippen molar-refractivity contribution >= 4 is 63.5 Å². The van der Waals surface area contributed by atoms with Gasteiger partial charge in [0.2, 0.25) is 0 Å². The maximum absolute atomic E-state index is 12.3. The van der Waals surface area contributed by atoms with Gasteiger partial charge in [0.05, 0.1) is 15.0 Å². The average Bonchev–Trinajstić information content (AvgIpc) is 2.89. The number of rotatable bonds is 5. The molecule has 0 bridgehead atoms. The number of carbonyl (C=O) groups excluding carboxylic acids is 1. The first kappa shape index (κ1) is 19.2. The third-order valence-corrected chi connectivity index (χ3v) is 5.85. The Labute approximate surface area is 171 Å². The van der Waals surface area contributed by atoms with Crippen LogP contribution in [-0.2, 0) is 11.4 Å². The van der Waals surface area contributed by atoms with Crippen LogP contribution in [0.5, 0.6) is 5.75 Å². The van der Waals surface area contributed by atoms with Crippen LogP contribution in [0.15, 0.2) is 47.4 Å². The third-order valence-electron chi connectivity index (χ3n) is 3.74. The number of halogens is 2. The number of likely N-dealkylation sites (N-methyl/N-ethyl adjacent to an activating group) is 1. The van der Waals surface area contributed by atoms with Crippen molar-refractivity contribution in [2.45, 2.75) is 13.5 Å². The summed E-state index contributed by atoms with van der Waals surface area (Å²) in [6.07, 6.45) is 1.83. The molecule has 3 rings (SSSR count). The molecule has 1 fully saturated rings. The van der Waals surface area contributed by atoms with Crippen LogP contribution in [0.1, 0.15) is 18.1 Å². The van der Waals surface area contributed by atoms with Crippen LogP contribution in [0.25, 0.3) is 6.08 Å². The fourth-order valence-corrected chi connectivity index (χ4v) is 4.12. The van der Waals surface area contributed by atoms with Crippen LogP contribution in [0, 0.1) is 0 Å². The molecule has 1 saturated heterocycles. The molecule has 0 saturated carbocycles. The minimum absolute atomic E-state index is 0.0513. The van der Waals surface area contributed by atoms with E-state index >= 15 is 0 Å². The van der Waals surface area contributed by atoms with Crippen molar-refractivity contribution in [3.8, 4) is 5.75 Å². The van der Waals surface area contributed by atoms with Crippen molar-refractivity contribution < 1.29 is 9.53 Å². The Hall–Kier alpha value is -1.53. The summed E-state index contributed by atoms with van der Waals surface area (Å²) in [5, 5.41) is 1.02. The summed E-state index contributed by atoms with van der Waals surface area (Å²) in [5.41, 5.74) is 1.81. The number of benzene rings is 2. The second kappa shape index (κ2) is 8.44. The fraction of sp³-hybridized carbons (Fsp3) is 0.158.